The molecule has 0 unspecified atom stereocenters. The highest BCUT2D eigenvalue weighted by Gasteiger charge is 2.36. The lowest BCUT2D eigenvalue weighted by Crippen LogP contribution is -2.17. The summed E-state index contributed by atoms with van der Waals surface area (Å²) < 4.78 is 44.7. The van der Waals surface area contributed by atoms with Gasteiger partial charge in [0, 0.05) is 10.5 Å². The molecular formula is C18H15F3N4O2S. The van der Waals surface area contributed by atoms with Crippen LogP contribution in [0.2, 0.25) is 0 Å². The van der Waals surface area contributed by atoms with Crippen molar-refractivity contribution in [2.24, 2.45) is 5.84 Å². The predicted octanol–water partition coefficient (Wildman–Crippen LogP) is 4.70. The molecule has 2 aromatic carbocycles. The number of halogens is 3. The molecule has 0 radical (unpaired) electrons. The zero-order valence-corrected chi connectivity index (χ0v) is 15.3. The highest BCUT2D eigenvalue weighted by atomic mass is 32.2. The summed E-state index contributed by atoms with van der Waals surface area (Å²) in [6, 6.07) is 15.4. The van der Waals surface area contributed by atoms with Crippen LogP contribution in [-0.2, 0) is 15.4 Å². The highest BCUT2D eigenvalue weighted by Crippen LogP contribution is 2.38. The Kier molecular flexibility index (Phi) is 6.15. The lowest BCUT2D eigenvalue weighted by molar-refractivity contribution is -0.160. The molecule has 0 spiro atoms. The van der Waals surface area contributed by atoms with Crippen molar-refractivity contribution in [2.75, 3.05) is 12.5 Å². The minimum atomic E-state index is -4.72. The van der Waals surface area contributed by atoms with E-state index in [0.29, 0.717) is 21.6 Å². The lowest BCUT2D eigenvalue weighted by atomic mass is 9.99. The van der Waals surface area contributed by atoms with Gasteiger partial charge in [0.2, 0.25) is 5.82 Å². The Hall–Kier alpha value is -2.66. The van der Waals surface area contributed by atoms with Gasteiger partial charge in [-0.2, -0.15) is 17.5 Å². The number of nitrogens with zero attached hydrogens (tertiary/aromatic N) is 2. The monoisotopic (exact) mass is 408 g/mol. The number of benzene rings is 2. The van der Waals surface area contributed by atoms with Gasteiger partial charge in [-0.15, -0.1) is 0 Å². The molecule has 0 amide bonds. The first-order valence-corrected chi connectivity index (χ1v) is 8.67. The van der Waals surface area contributed by atoms with Gasteiger partial charge in [0.25, 0.3) is 0 Å². The number of hydrazine groups is 1. The van der Waals surface area contributed by atoms with Crippen LogP contribution in [0.1, 0.15) is 5.82 Å². The summed E-state index contributed by atoms with van der Waals surface area (Å²) in [6.45, 7) is 0. The summed E-state index contributed by atoms with van der Waals surface area (Å²) in [6.07, 6.45) is -4.72. The van der Waals surface area contributed by atoms with Crippen molar-refractivity contribution >= 4 is 17.9 Å². The fourth-order valence-electron chi connectivity index (χ4n) is 2.52. The van der Waals surface area contributed by atoms with Gasteiger partial charge in [-0.25, -0.2) is 20.7 Å². The topological polar surface area (TPSA) is 82.3 Å². The number of nitrogens with two attached hydrogens (primary N) is 1. The highest BCUT2D eigenvalue weighted by molar-refractivity contribution is 7.94. The Balaban J connectivity index is 2.19. The molecule has 146 valence electrons. The fourth-order valence-corrected chi connectivity index (χ4v) is 2.91. The van der Waals surface area contributed by atoms with Crippen molar-refractivity contribution in [3.63, 3.8) is 0 Å². The first-order valence-electron chi connectivity index (χ1n) is 7.93. The van der Waals surface area contributed by atoms with Crippen LogP contribution >= 0.6 is 12.0 Å². The molecule has 0 saturated heterocycles. The van der Waals surface area contributed by atoms with Gasteiger partial charge in [-0.1, -0.05) is 42.5 Å². The average molecular weight is 408 g/mol. The smallest absolute Gasteiger partial charge is 0.308 e. The maximum Gasteiger partial charge on any atom is 0.451 e. The molecule has 3 aromatic rings. The quantitative estimate of drug-likeness (QED) is 0.265. The molecule has 1 heterocycles. The van der Waals surface area contributed by atoms with E-state index in [4.69, 9.17) is 10.2 Å². The number of aromatic nitrogens is 2. The molecule has 6 nitrogen and oxygen atoms in total. The third-order valence-electron chi connectivity index (χ3n) is 3.69. The second kappa shape index (κ2) is 8.57. The summed E-state index contributed by atoms with van der Waals surface area (Å²) in [5, 5.41) is 0. The van der Waals surface area contributed by atoms with Crippen LogP contribution in [0.3, 0.4) is 0 Å². The van der Waals surface area contributed by atoms with E-state index in [1.165, 1.54) is 7.11 Å². The van der Waals surface area contributed by atoms with Crippen LogP contribution in [0.5, 0.6) is 0 Å². The van der Waals surface area contributed by atoms with Crippen molar-refractivity contribution in [1.82, 2.24) is 9.97 Å². The first-order chi connectivity index (χ1) is 13.4. The summed E-state index contributed by atoms with van der Waals surface area (Å²) in [5.74, 6) is 4.08. The summed E-state index contributed by atoms with van der Waals surface area (Å²) in [4.78, 5) is 12.6. The fraction of sp³-hybridized carbons (Fsp3) is 0.111. The number of nitrogens with one attached hydrogen (secondary N) is 1. The maximum atomic E-state index is 13.3. The number of hydrogen-bond donors (Lipinski definition) is 2. The van der Waals surface area contributed by atoms with Crippen molar-refractivity contribution in [1.29, 1.82) is 0 Å². The van der Waals surface area contributed by atoms with Crippen LogP contribution in [-0.4, -0.2) is 17.1 Å². The largest absolute Gasteiger partial charge is 0.451 e. The Bertz CT molecular complexity index is 938. The van der Waals surface area contributed by atoms with Crippen molar-refractivity contribution in [3.05, 3.63) is 60.4 Å². The SMILES string of the molecule is COOSc1ccc(-c2nc(C(F)(F)F)nc(NN)c2-c2ccccc2)cc1. The Morgan fingerprint density at radius 3 is 2.21 bits per heavy atom. The number of anilines is 1. The molecule has 0 fully saturated rings. The van der Waals surface area contributed by atoms with Crippen molar-refractivity contribution in [3.8, 4) is 22.4 Å². The molecular weight excluding hydrogens is 393 g/mol. The zero-order chi connectivity index (χ0) is 20.1. The van der Waals surface area contributed by atoms with E-state index < -0.39 is 12.0 Å². The molecule has 3 N–H and O–H groups in total. The Morgan fingerprint density at radius 2 is 1.64 bits per heavy atom. The number of hydrogen-bond acceptors (Lipinski definition) is 7. The van der Waals surface area contributed by atoms with Gasteiger partial charge in [-0.05, 0) is 17.7 Å². The Morgan fingerprint density at radius 1 is 0.964 bits per heavy atom. The third-order valence-corrected chi connectivity index (χ3v) is 4.36. The van der Waals surface area contributed by atoms with E-state index >= 15 is 0 Å². The van der Waals surface area contributed by atoms with Gasteiger partial charge in [-0.3, -0.25) is 0 Å². The molecule has 3 rings (SSSR count). The van der Waals surface area contributed by atoms with Crippen LogP contribution in [0, 0.1) is 0 Å². The van der Waals surface area contributed by atoms with Gasteiger partial charge >= 0.3 is 6.18 Å². The van der Waals surface area contributed by atoms with Crippen LogP contribution < -0.4 is 11.3 Å². The summed E-state index contributed by atoms with van der Waals surface area (Å²) in [5.41, 5.74) is 3.82. The maximum absolute atomic E-state index is 13.3. The molecule has 10 heteroatoms. The standard InChI is InChI=1S/C18H15F3N4O2S/c1-26-27-28-13-9-7-12(8-10-13)15-14(11-5-3-2-4-6-11)16(25-22)24-17(23-15)18(19,20)21/h2-10H,22H2,1H3,(H,23,24,25). The molecule has 0 bridgehead atoms. The second-order valence-corrected chi connectivity index (χ2v) is 6.24. The van der Waals surface area contributed by atoms with Crippen LogP contribution in [0.4, 0.5) is 19.0 Å². The lowest BCUT2D eigenvalue weighted by Gasteiger charge is -2.16. The van der Waals surface area contributed by atoms with E-state index in [-0.39, 0.29) is 11.5 Å². The first kappa shape index (κ1) is 20.1. The molecule has 1 aromatic heterocycles. The molecule has 0 atom stereocenters. The van der Waals surface area contributed by atoms with E-state index in [1.807, 2.05) is 0 Å². The van der Waals surface area contributed by atoms with Gasteiger partial charge in [0.1, 0.15) is 0 Å². The average Bonchev–Trinajstić information content (AvgIpc) is 2.71. The van der Waals surface area contributed by atoms with E-state index in [0.717, 1.165) is 12.0 Å². The van der Waals surface area contributed by atoms with Crippen LogP contribution in [0.15, 0.2) is 59.5 Å². The predicted molar refractivity (Wildman–Crippen MR) is 99.7 cm³/mol. The number of nitrogen functional groups attached to an aromatic ring is 1. The molecule has 28 heavy (non-hydrogen) atoms. The third kappa shape index (κ3) is 4.42. The minimum absolute atomic E-state index is 0.102. The van der Waals surface area contributed by atoms with Gasteiger partial charge < -0.3 is 5.43 Å². The van der Waals surface area contributed by atoms with E-state index in [1.54, 1.807) is 54.6 Å². The molecule has 0 aliphatic heterocycles. The molecule has 0 aliphatic rings. The van der Waals surface area contributed by atoms with E-state index in [2.05, 4.69) is 20.3 Å². The van der Waals surface area contributed by atoms with Crippen molar-refractivity contribution in [2.45, 2.75) is 11.1 Å². The second-order valence-electron chi connectivity index (χ2n) is 5.47. The summed E-state index contributed by atoms with van der Waals surface area (Å²) in [7, 11) is 1.37. The van der Waals surface area contributed by atoms with Crippen LogP contribution in [0.25, 0.3) is 22.4 Å². The summed E-state index contributed by atoms with van der Waals surface area (Å²) >= 11 is 0.973. The number of alkyl halides is 3. The number of rotatable bonds is 6. The normalized spacial score (nSPS) is 11.5. The van der Waals surface area contributed by atoms with Crippen molar-refractivity contribution < 1.29 is 22.4 Å². The minimum Gasteiger partial charge on any atom is -0.308 e. The zero-order valence-electron chi connectivity index (χ0n) is 14.5. The molecule has 0 saturated carbocycles. The molecule has 0 aliphatic carbocycles. The van der Waals surface area contributed by atoms with Gasteiger partial charge in [0.05, 0.1) is 30.4 Å². The van der Waals surface area contributed by atoms with Gasteiger partial charge in [0.15, 0.2) is 5.82 Å². The van der Waals surface area contributed by atoms with E-state index in [9.17, 15) is 13.2 Å². The Labute approximate surface area is 163 Å².